The van der Waals surface area contributed by atoms with Crippen LogP contribution in [0.5, 0.6) is 0 Å². The van der Waals surface area contributed by atoms with Gasteiger partial charge in [-0.05, 0) is 19.3 Å². The number of rotatable bonds is 5. The molecule has 4 heteroatoms. The Morgan fingerprint density at radius 1 is 1.44 bits per heavy atom. The second-order valence-electron chi connectivity index (χ2n) is 4.87. The zero-order chi connectivity index (χ0) is 11.4. The maximum atomic E-state index is 5.99. The van der Waals surface area contributed by atoms with Crippen LogP contribution in [0, 0.1) is 0 Å². The minimum Gasteiger partial charge on any atom is -0.327 e. The van der Waals surface area contributed by atoms with Crippen LogP contribution >= 0.6 is 0 Å². The van der Waals surface area contributed by atoms with Crippen LogP contribution in [0.3, 0.4) is 0 Å². The first-order valence-corrected chi connectivity index (χ1v) is 6.46. The van der Waals surface area contributed by atoms with E-state index in [0.717, 1.165) is 30.9 Å². The molecule has 0 amide bonds. The van der Waals surface area contributed by atoms with Crippen molar-refractivity contribution < 1.29 is 0 Å². The van der Waals surface area contributed by atoms with Gasteiger partial charge in [-0.2, -0.15) is 5.10 Å². The van der Waals surface area contributed by atoms with E-state index < -0.39 is 0 Å². The van der Waals surface area contributed by atoms with E-state index in [-0.39, 0.29) is 6.04 Å². The van der Waals surface area contributed by atoms with Gasteiger partial charge in [0.15, 0.2) is 5.82 Å². The lowest BCUT2D eigenvalue weighted by Crippen LogP contribution is -2.22. The number of nitrogens with one attached hydrogen (secondary N) is 1. The van der Waals surface area contributed by atoms with Crippen molar-refractivity contribution in [2.24, 2.45) is 5.73 Å². The monoisotopic (exact) mass is 222 g/mol. The van der Waals surface area contributed by atoms with Crippen molar-refractivity contribution in [3.05, 3.63) is 11.6 Å². The molecule has 1 aromatic rings. The average molecular weight is 222 g/mol. The number of aromatic amines is 1. The van der Waals surface area contributed by atoms with E-state index >= 15 is 0 Å². The molecule has 1 aromatic heterocycles. The highest BCUT2D eigenvalue weighted by atomic mass is 15.2. The second kappa shape index (κ2) is 5.43. The molecule has 4 nitrogen and oxygen atoms in total. The van der Waals surface area contributed by atoms with E-state index in [1.807, 2.05) is 0 Å². The van der Waals surface area contributed by atoms with Crippen LogP contribution in [-0.2, 0) is 6.42 Å². The summed E-state index contributed by atoms with van der Waals surface area (Å²) < 4.78 is 0. The van der Waals surface area contributed by atoms with Crippen LogP contribution in [0.1, 0.15) is 63.0 Å². The molecule has 1 atom stereocenters. The van der Waals surface area contributed by atoms with Gasteiger partial charge in [-0.1, -0.05) is 26.2 Å². The number of hydrogen-bond acceptors (Lipinski definition) is 3. The van der Waals surface area contributed by atoms with Gasteiger partial charge in [-0.25, -0.2) is 4.98 Å². The van der Waals surface area contributed by atoms with Crippen LogP contribution in [0.2, 0.25) is 0 Å². The second-order valence-corrected chi connectivity index (χ2v) is 4.87. The Balaban J connectivity index is 1.91. The molecular formula is C12H22N4. The summed E-state index contributed by atoms with van der Waals surface area (Å²) in [6.45, 7) is 2.16. The lowest BCUT2D eigenvalue weighted by Gasteiger charge is -2.06. The standard InChI is InChI=1S/C12H22N4/c1-2-5-10(13)8-11-14-12(16-15-11)9-6-3-4-7-9/h9-10H,2-8,13H2,1H3,(H,14,15,16). The molecule has 2 rings (SSSR count). The Hall–Kier alpha value is -0.900. The van der Waals surface area contributed by atoms with Crippen LogP contribution < -0.4 is 5.73 Å². The van der Waals surface area contributed by atoms with Crippen molar-refractivity contribution in [1.82, 2.24) is 15.2 Å². The van der Waals surface area contributed by atoms with Gasteiger partial charge in [0.25, 0.3) is 0 Å². The van der Waals surface area contributed by atoms with Crippen molar-refractivity contribution in [3.63, 3.8) is 0 Å². The Morgan fingerprint density at radius 3 is 2.88 bits per heavy atom. The van der Waals surface area contributed by atoms with Crippen molar-refractivity contribution in [1.29, 1.82) is 0 Å². The van der Waals surface area contributed by atoms with Crippen molar-refractivity contribution >= 4 is 0 Å². The third-order valence-corrected chi connectivity index (χ3v) is 3.38. The average Bonchev–Trinajstić information content (AvgIpc) is 2.86. The molecule has 0 radical (unpaired) electrons. The molecule has 1 aliphatic carbocycles. The van der Waals surface area contributed by atoms with Gasteiger partial charge in [0.05, 0.1) is 0 Å². The van der Waals surface area contributed by atoms with Gasteiger partial charge in [0.2, 0.25) is 0 Å². The smallest absolute Gasteiger partial charge is 0.153 e. The minimum atomic E-state index is 0.217. The third-order valence-electron chi connectivity index (χ3n) is 3.38. The first-order valence-electron chi connectivity index (χ1n) is 6.46. The zero-order valence-corrected chi connectivity index (χ0v) is 10.1. The van der Waals surface area contributed by atoms with Gasteiger partial charge in [-0.15, -0.1) is 0 Å². The summed E-state index contributed by atoms with van der Waals surface area (Å²) in [5, 5.41) is 7.35. The fourth-order valence-electron chi connectivity index (χ4n) is 2.49. The Labute approximate surface area is 97.0 Å². The molecule has 1 heterocycles. The van der Waals surface area contributed by atoms with Crippen LogP contribution in [0.15, 0.2) is 0 Å². The highest BCUT2D eigenvalue weighted by molar-refractivity contribution is 5.00. The Morgan fingerprint density at radius 2 is 2.19 bits per heavy atom. The maximum Gasteiger partial charge on any atom is 0.153 e. The summed E-state index contributed by atoms with van der Waals surface area (Å²) in [5.74, 6) is 2.56. The molecule has 0 saturated heterocycles. The number of hydrogen-bond donors (Lipinski definition) is 2. The zero-order valence-electron chi connectivity index (χ0n) is 10.1. The first-order chi connectivity index (χ1) is 7.79. The number of H-pyrrole nitrogens is 1. The Bertz CT molecular complexity index is 315. The summed E-state index contributed by atoms with van der Waals surface area (Å²) in [6.07, 6.45) is 8.15. The molecule has 1 unspecified atom stereocenters. The maximum absolute atomic E-state index is 5.99. The molecule has 0 spiro atoms. The lowest BCUT2D eigenvalue weighted by atomic mass is 10.1. The van der Waals surface area contributed by atoms with Gasteiger partial charge in [0, 0.05) is 18.4 Å². The van der Waals surface area contributed by atoms with E-state index in [1.165, 1.54) is 25.7 Å². The predicted octanol–water partition coefficient (Wildman–Crippen LogP) is 2.13. The lowest BCUT2D eigenvalue weighted by molar-refractivity contribution is 0.585. The van der Waals surface area contributed by atoms with Crippen LogP contribution in [-0.4, -0.2) is 21.2 Å². The van der Waals surface area contributed by atoms with Crippen molar-refractivity contribution in [3.8, 4) is 0 Å². The Kier molecular flexibility index (Phi) is 3.93. The quantitative estimate of drug-likeness (QED) is 0.802. The van der Waals surface area contributed by atoms with Gasteiger partial charge >= 0.3 is 0 Å². The minimum absolute atomic E-state index is 0.217. The summed E-state index contributed by atoms with van der Waals surface area (Å²) in [6, 6.07) is 0.217. The summed E-state index contributed by atoms with van der Waals surface area (Å²) in [4.78, 5) is 4.57. The molecular weight excluding hydrogens is 200 g/mol. The van der Waals surface area contributed by atoms with Crippen LogP contribution in [0.25, 0.3) is 0 Å². The highest BCUT2D eigenvalue weighted by Crippen LogP contribution is 2.31. The molecule has 1 saturated carbocycles. The van der Waals surface area contributed by atoms with Gasteiger partial charge in [0.1, 0.15) is 5.82 Å². The third kappa shape index (κ3) is 2.82. The molecule has 16 heavy (non-hydrogen) atoms. The van der Waals surface area contributed by atoms with E-state index in [1.54, 1.807) is 0 Å². The predicted molar refractivity (Wildman–Crippen MR) is 64.2 cm³/mol. The molecule has 0 bridgehead atoms. The van der Waals surface area contributed by atoms with E-state index in [0.29, 0.717) is 5.92 Å². The number of nitrogens with two attached hydrogens (primary N) is 1. The molecule has 1 aliphatic rings. The molecule has 1 fully saturated rings. The fraction of sp³-hybridized carbons (Fsp3) is 0.833. The summed E-state index contributed by atoms with van der Waals surface area (Å²) in [7, 11) is 0. The number of nitrogens with zero attached hydrogens (tertiary/aromatic N) is 2. The van der Waals surface area contributed by atoms with Gasteiger partial charge in [-0.3, -0.25) is 5.10 Å². The van der Waals surface area contributed by atoms with Crippen LogP contribution in [0.4, 0.5) is 0 Å². The molecule has 0 aliphatic heterocycles. The molecule has 90 valence electrons. The van der Waals surface area contributed by atoms with E-state index in [9.17, 15) is 0 Å². The summed E-state index contributed by atoms with van der Waals surface area (Å²) >= 11 is 0. The topological polar surface area (TPSA) is 67.6 Å². The highest BCUT2D eigenvalue weighted by Gasteiger charge is 2.21. The summed E-state index contributed by atoms with van der Waals surface area (Å²) in [5.41, 5.74) is 5.99. The van der Waals surface area contributed by atoms with Crippen molar-refractivity contribution in [2.75, 3.05) is 0 Å². The molecule has 3 N–H and O–H groups in total. The number of aromatic nitrogens is 3. The normalized spacial score (nSPS) is 19.1. The molecule has 0 aromatic carbocycles. The van der Waals surface area contributed by atoms with E-state index in [4.69, 9.17) is 5.73 Å². The van der Waals surface area contributed by atoms with Crippen molar-refractivity contribution in [2.45, 2.75) is 63.8 Å². The van der Waals surface area contributed by atoms with Gasteiger partial charge < -0.3 is 5.73 Å². The largest absolute Gasteiger partial charge is 0.327 e. The fourth-order valence-corrected chi connectivity index (χ4v) is 2.49. The van der Waals surface area contributed by atoms with E-state index in [2.05, 4.69) is 22.1 Å². The SMILES string of the molecule is CCCC(N)Cc1nc(C2CCCC2)n[nH]1. The first kappa shape index (κ1) is 11.6.